The third kappa shape index (κ3) is 6.23. The molecule has 3 rings (SSSR count). The van der Waals surface area contributed by atoms with Crippen LogP contribution in [0.25, 0.3) is 10.9 Å². The van der Waals surface area contributed by atoms with E-state index in [4.69, 9.17) is 14.5 Å². The summed E-state index contributed by atoms with van der Waals surface area (Å²) in [5.74, 6) is 1.96. The van der Waals surface area contributed by atoms with Gasteiger partial charge in [-0.1, -0.05) is 36.2 Å². The van der Waals surface area contributed by atoms with Crippen LogP contribution >= 0.6 is 31.9 Å². The quantitative estimate of drug-likeness (QED) is 0.250. The molecular weight excluding hydrogens is 550 g/mol. The number of unbranched alkanes of at least 4 members (excludes halogenated alkanes) is 1. The molecule has 1 heterocycles. The van der Waals surface area contributed by atoms with Gasteiger partial charge in [-0.3, -0.25) is 4.79 Å². The van der Waals surface area contributed by atoms with E-state index in [1.165, 1.54) is 4.68 Å². The predicted molar refractivity (Wildman–Crippen MR) is 141 cm³/mol. The predicted octanol–water partition coefficient (Wildman–Crippen LogP) is 6.72. The summed E-state index contributed by atoms with van der Waals surface area (Å²) in [6, 6.07) is 9.28. The molecular formula is C25H29Br2N3O3. The van der Waals surface area contributed by atoms with Crippen molar-refractivity contribution in [3.8, 4) is 11.5 Å². The highest BCUT2D eigenvalue weighted by molar-refractivity contribution is 9.10. The second-order valence-corrected chi connectivity index (χ2v) is 9.51. The Hall–Kier alpha value is -2.19. The highest BCUT2D eigenvalue weighted by Crippen LogP contribution is 2.34. The van der Waals surface area contributed by atoms with Gasteiger partial charge >= 0.3 is 0 Å². The van der Waals surface area contributed by atoms with Gasteiger partial charge in [0.25, 0.3) is 5.56 Å². The third-order valence-electron chi connectivity index (χ3n) is 5.21. The fourth-order valence-electron chi connectivity index (χ4n) is 3.24. The normalized spacial score (nSPS) is 12.4. The maximum absolute atomic E-state index is 13.3. The van der Waals surface area contributed by atoms with E-state index in [-0.39, 0.29) is 11.7 Å². The number of fused-ring (bicyclic) bond motifs is 1. The molecule has 1 atom stereocenters. The summed E-state index contributed by atoms with van der Waals surface area (Å²) in [6.45, 7) is 8.65. The zero-order valence-corrected chi connectivity index (χ0v) is 22.6. The van der Waals surface area contributed by atoms with E-state index in [9.17, 15) is 4.79 Å². The summed E-state index contributed by atoms with van der Waals surface area (Å²) in [5, 5.41) is 5.07. The Morgan fingerprint density at radius 3 is 2.64 bits per heavy atom. The zero-order valence-electron chi connectivity index (χ0n) is 19.4. The Morgan fingerprint density at radius 2 is 1.94 bits per heavy atom. The van der Waals surface area contributed by atoms with Crippen molar-refractivity contribution in [2.75, 3.05) is 6.61 Å². The number of hydrogen-bond donors (Lipinski definition) is 0. The van der Waals surface area contributed by atoms with E-state index in [1.54, 1.807) is 12.3 Å². The Balaban J connectivity index is 2.07. The number of aryl methyl sites for hydroxylation is 1. The van der Waals surface area contributed by atoms with Crippen LogP contribution in [0.5, 0.6) is 11.5 Å². The first-order valence-corrected chi connectivity index (χ1v) is 12.8. The minimum atomic E-state index is -0.193. The third-order valence-corrected chi connectivity index (χ3v) is 6.39. The number of hydrogen-bond acceptors (Lipinski definition) is 5. The summed E-state index contributed by atoms with van der Waals surface area (Å²) in [7, 11) is 0. The smallest absolute Gasteiger partial charge is 0.282 e. The molecule has 3 aromatic rings. The molecule has 2 aromatic carbocycles. The van der Waals surface area contributed by atoms with Crippen LogP contribution in [0.3, 0.4) is 0 Å². The highest BCUT2D eigenvalue weighted by atomic mass is 79.9. The summed E-state index contributed by atoms with van der Waals surface area (Å²) >= 11 is 7.05. The molecule has 0 aliphatic heterocycles. The van der Waals surface area contributed by atoms with Gasteiger partial charge in [0, 0.05) is 20.9 Å². The van der Waals surface area contributed by atoms with Crippen molar-refractivity contribution in [1.29, 1.82) is 0 Å². The van der Waals surface area contributed by atoms with Crippen LogP contribution in [-0.4, -0.2) is 28.6 Å². The van der Waals surface area contributed by atoms with Crippen molar-refractivity contribution in [2.45, 2.75) is 59.5 Å². The lowest BCUT2D eigenvalue weighted by Gasteiger charge is -2.17. The maximum Gasteiger partial charge on any atom is 0.282 e. The first-order chi connectivity index (χ1) is 15.9. The van der Waals surface area contributed by atoms with Crippen molar-refractivity contribution in [1.82, 2.24) is 9.66 Å². The molecule has 0 radical (unpaired) electrons. The summed E-state index contributed by atoms with van der Waals surface area (Å²) in [5.41, 5.74) is 1.26. The Morgan fingerprint density at radius 1 is 1.15 bits per heavy atom. The average molecular weight is 579 g/mol. The number of ether oxygens (including phenoxy) is 2. The Labute approximate surface area is 211 Å². The molecule has 0 bridgehead atoms. The van der Waals surface area contributed by atoms with Gasteiger partial charge in [0.05, 0.1) is 29.8 Å². The molecule has 6 nitrogen and oxygen atoms in total. The number of halogens is 2. The van der Waals surface area contributed by atoms with Gasteiger partial charge in [-0.25, -0.2) is 4.98 Å². The first-order valence-electron chi connectivity index (χ1n) is 11.3. The number of aromatic nitrogens is 2. The summed E-state index contributed by atoms with van der Waals surface area (Å²) in [4.78, 5) is 18.0. The van der Waals surface area contributed by atoms with Gasteiger partial charge in [0.15, 0.2) is 11.5 Å². The van der Waals surface area contributed by atoms with Crippen LogP contribution < -0.4 is 15.0 Å². The van der Waals surface area contributed by atoms with Crippen LogP contribution in [0.2, 0.25) is 0 Å². The molecule has 0 spiro atoms. The van der Waals surface area contributed by atoms with Gasteiger partial charge in [-0.15, -0.1) is 0 Å². The lowest BCUT2D eigenvalue weighted by atomic mass is 10.2. The molecule has 0 fully saturated rings. The van der Waals surface area contributed by atoms with Gasteiger partial charge < -0.3 is 9.47 Å². The van der Waals surface area contributed by atoms with Crippen molar-refractivity contribution in [2.24, 2.45) is 5.10 Å². The average Bonchev–Trinajstić information content (AvgIpc) is 2.80. The van der Waals surface area contributed by atoms with Crippen LogP contribution in [-0.2, 0) is 6.42 Å². The molecule has 0 aliphatic rings. The molecule has 0 aliphatic carbocycles. The molecule has 33 heavy (non-hydrogen) atoms. The first kappa shape index (κ1) is 25.4. The molecule has 0 saturated heterocycles. The maximum atomic E-state index is 13.3. The van der Waals surface area contributed by atoms with Crippen molar-refractivity contribution < 1.29 is 9.47 Å². The van der Waals surface area contributed by atoms with Gasteiger partial charge in [-0.2, -0.15) is 9.78 Å². The van der Waals surface area contributed by atoms with Crippen LogP contribution in [0.1, 0.15) is 58.3 Å². The van der Waals surface area contributed by atoms with Gasteiger partial charge in [0.2, 0.25) is 0 Å². The lowest BCUT2D eigenvalue weighted by Crippen LogP contribution is -2.22. The monoisotopic (exact) mass is 577 g/mol. The van der Waals surface area contributed by atoms with Crippen molar-refractivity contribution in [3.63, 3.8) is 0 Å². The van der Waals surface area contributed by atoms with E-state index in [1.807, 2.05) is 38.1 Å². The lowest BCUT2D eigenvalue weighted by molar-refractivity contribution is 0.203. The van der Waals surface area contributed by atoms with E-state index in [2.05, 4.69) is 50.8 Å². The van der Waals surface area contributed by atoms with Crippen LogP contribution in [0, 0.1) is 0 Å². The van der Waals surface area contributed by atoms with E-state index < -0.39 is 0 Å². The second-order valence-electron chi connectivity index (χ2n) is 7.74. The number of nitrogens with zero attached hydrogens (tertiary/aromatic N) is 3. The minimum absolute atomic E-state index is 0.0679. The molecule has 8 heteroatoms. The molecule has 0 amide bonds. The Kier molecular flexibility index (Phi) is 9.09. The second kappa shape index (κ2) is 11.8. The SMILES string of the molecule is CCCCc1nc2ccc(Br)cc2c(=O)n1N=Cc1cc(OCC)c(O[C@H](C)CC)cc1Br. The van der Waals surface area contributed by atoms with Gasteiger partial charge in [0.1, 0.15) is 5.82 Å². The standard InChI is InChI=1S/C25H29Br2N3O3/c1-5-8-9-24-29-21-11-10-18(26)13-19(21)25(31)30(24)28-15-17-12-22(32-7-3)23(14-20(17)27)33-16(4)6-2/h10-16H,5-9H2,1-4H3/t16-/m1/s1. The summed E-state index contributed by atoms with van der Waals surface area (Å²) < 4.78 is 14.9. The highest BCUT2D eigenvalue weighted by Gasteiger charge is 2.14. The van der Waals surface area contributed by atoms with E-state index >= 15 is 0 Å². The van der Waals surface area contributed by atoms with E-state index in [0.29, 0.717) is 41.3 Å². The fraction of sp³-hybridized carbons (Fsp3) is 0.400. The van der Waals surface area contributed by atoms with Crippen LogP contribution in [0.15, 0.2) is 49.2 Å². The Bertz CT molecular complexity index is 1210. The minimum Gasteiger partial charge on any atom is -0.490 e. The topological polar surface area (TPSA) is 65.7 Å². The fourth-order valence-corrected chi connectivity index (χ4v) is 4.03. The van der Waals surface area contributed by atoms with Crippen molar-refractivity contribution >= 4 is 49.0 Å². The molecule has 1 aromatic heterocycles. The number of rotatable bonds is 10. The number of benzene rings is 2. The summed E-state index contributed by atoms with van der Waals surface area (Å²) in [6.07, 6.45) is 5.20. The molecule has 176 valence electrons. The molecule has 0 N–H and O–H groups in total. The molecule has 0 unspecified atom stereocenters. The van der Waals surface area contributed by atoms with Crippen LogP contribution in [0.4, 0.5) is 0 Å². The van der Waals surface area contributed by atoms with Gasteiger partial charge in [-0.05, 0) is 73.0 Å². The largest absolute Gasteiger partial charge is 0.490 e. The zero-order chi connectivity index (χ0) is 24.0. The molecule has 0 saturated carbocycles. The van der Waals surface area contributed by atoms with Crippen molar-refractivity contribution in [3.05, 3.63) is 61.0 Å². The van der Waals surface area contributed by atoms with E-state index in [0.717, 1.165) is 33.8 Å².